The van der Waals surface area contributed by atoms with E-state index in [2.05, 4.69) is 15.2 Å². The molecule has 0 amide bonds. The van der Waals surface area contributed by atoms with Crippen LogP contribution in [0.4, 0.5) is 0 Å². The fourth-order valence-electron chi connectivity index (χ4n) is 0.662. The van der Waals surface area contributed by atoms with Crippen LogP contribution in [0.15, 0.2) is 34.6 Å². The minimum atomic E-state index is 0.827. The molecule has 0 aliphatic heterocycles. The predicted molar refractivity (Wildman–Crippen MR) is 50.8 cm³/mol. The summed E-state index contributed by atoms with van der Waals surface area (Å²) in [5.74, 6) is 0. The summed E-state index contributed by atoms with van der Waals surface area (Å²) >= 11 is 1.57. The first kappa shape index (κ1) is 9.06. The average molecular weight is 181 g/mol. The van der Waals surface area contributed by atoms with E-state index in [0.717, 1.165) is 5.16 Å². The van der Waals surface area contributed by atoms with Gasteiger partial charge in [-0.3, -0.25) is 5.10 Å². The van der Waals surface area contributed by atoms with E-state index in [9.17, 15) is 0 Å². The Bertz CT molecular complexity index is 275. The first-order valence-corrected chi connectivity index (χ1v) is 4.47. The van der Waals surface area contributed by atoms with Crippen molar-refractivity contribution in [1.29, 1.82) is 0 Å². The van der Waals surface area contributed by atoms with Gasteiger partial charge < -0.3 is 0 Å². The Hall–Kier alpha value is -1.03. The lowest BCUT2D eigenvalue weighted by Crippen LogP contribution is -1.74. The van der Waals surface area contributed by atoms with Crippen LogP contribution in [-0.4, -0.2) is 15.2 Å². The molecule has 0 spiro atoms. The van der Waals surface area contributed by atoms with Gasteiger partial charge in [0.25, 0.3) is 0 Å². The van der Waals surface area contributed by atoms with Crippen molar-refractivity contribution in [1.82, 2.24) is 15.2 Å². The van der Waals surface area contributed by atoms with Gasteiger partial charge in [0.1, 0.15) is 6.33 Å². The molecule has 3 nitrogen and oxygen atoms in total. The maximum absolute atomic E-state index is 4.00. The zero-order valence-electron chi connectivity index (χ0n) is 7.11. The summed E-state index contributed by atoms with van der Waals surface area (Å²) in [7, 11) is 0. The smallest absolute Gasteiger partial charge is 0.187 e. The van der Waals surface area contributed by atoms with Crippen molar-refractivity contribution in [2.24, 2.45) is 0 Å². The number of hydrogen-bond donors (Lipinski definition) is 1. The highest BCUT2D eigenvalue weighted by molar-refractivity contribution is 8.02. The number of allylic oxidation sites excluding steroid dienone is 4. The molecule has 0 aliphatic carbocycles. The topological polar surface area (TPSA) is 41.6 Å². The van der Waals surface area contributed by atoms with Gasteiger partial charge in [-0.15, -0.1) is 0 Å². The summed E-state index contributed by atoms with van der Waals surface area (Å²) in [4.78, 5) is 5.18. The number of hydrogen-bond acceptors (Lipinski definition) is 3. The highest BCUT2D eigenvalue weighted by atomic mass is 32.2. The molecule has 4 heteroatoms. The molecule has 1 aromatic rings. The fourth-order valence-corrected chi connectivity index (χ4v) is 1.31. The Labute approximate surface area is 76.0 Å². The molecular formula is C8H11N3S. The number of aromatic nitrogens is 3. The minimum absolute atomic E-state index is 0.827. The molecular weight excluding hydrogens is 170 g/mol. The minimum Gasteiger partial charge on any atom is -0.254 e. The lowest BCUT2D eigenvalue weighted by molar-refractivity contribution is 0.976. The molecule has 64 valence electrons. The first-order chi connectivity index (χ1) is 5.83. The summed E-state index contributed by atoms with van der Waals surface area (Å²) in [5.41, 5.74) is 0. The van der Waals surface area contributed by atoms with Crippen LogP contribution in [0.1, 0.15) is 13.8 Å². The van der Waals surface area contributed by atoms with Gasteiger partial charge in [0.05, 0.1) is 0 Å². The number of rotatable bonds is 3. The Morgan fingerprint density at radius 3 is 3.08 bits per heavy atom. The molecule has 0 radical (unpaired) electrons. The second-order valence-electron chi connectivity index (χ2n) is 2.20. The molecule has 1 heterocycles. The molecule has 0 aliphatic rings. The summed E-state index contributed by atoms with van der Waals surface area (Å²) < 4.78 is 0. The average Bonchev–Trinajstić information content (AvgIpc) is 2.53. The van der Waals surface area contributed by atoms with Gasteiger partial charge >= 0.3 is 0 Å². The van der Waals surface area contributed by atoms with Crippen molar-refractivity contribution < 1.29 is 0 Å². The third-order valence-corrected chi connectivity index (χ3v) is 2.02. The lowest BCUT2D eigenvalue weighted by atomic mass is 10.5. The number of H-pyrrole nitrogens is 1. The molecule has 1 aromatic heterocycles. The van der Waals surface area contributed by atoms with Crippen molar-refractivity contribution in [2.75, 3.05) is 0 Å². The van der Waals surface area contributed by atoms with E-state index in [1.165, 1.54) is 11.2 Å². The second kappa shape index (κ2) is 4.77. The van der Waals surface area contributed by atoms with Gasteiger partial charge in [-0.2, -0.15) is 5.10 Å². The van der Waals surface area contributed by atoms with E-state index in [4.69, 9.17) is 0 Å². The van der Waals surface area contributed by atoms with Crippen LogP contribution in [0.5, 0.6) is 0 Å². The van der Waals surface area contributed by atoms with Crippen LogP contribution < -0.4 is 0 Å². The van der Waals surface area contributed by atoms with Crippen LogP contribution in [0.3, 0.4) is 0 Å². The lowest BCUT2D eigenvalue weighted by Gasteiger charge is -1.92. The van der Waals surface area contributed by atoms with Crippen LogP contribution >= 0.6 is 11.8 Å². The van der Waals surface area contributed by atoms with Gasteiger partial charge in [0.2, 0.25) is 0 Å². The zero-order valence-corrected chi connectivity index (χ0v) is 7.93. The summed E-state index contributed by atoms with van der Waals surface area (Å²) in [6, 6.07) is 0. The maximum Gasteiger partial charge on any atom is 0.187 e. The van der Waals surface area contributed by atoms with E-state index in [-0.39, 0.29) is 0 Å². The molecule has 0 bridgehead atoms. The maximum atomic E-state index is 4.00. The molecule has 12 heavy (non-hydrogen) atoms. The number of nitrogens with one attached hydrogen (secondary N) is 1. The third kappa shape index (κ3) is 2.92. The Morgan fingerprint density at radius 1 is 1.67 bits per heavy atom. The number of aromatic amines is 1. The summed E-state index contributed by atoms with van der Waals surface area (Å²) in [6.07, 6.45) is 7.53. The summed E-state index contributed by atoms with van der Waals surface area (Å²) in [5, 5.41) is 7.36. The van der Waals surface area contributed by atoms with E-state index in [0.29, 0.717) is 0 Å². The highest BCUT2D eigenvalue weighted by Gasteiger charge is 1.95. The quantitative estimate of drug-likeness (QED) is 0.575. The second-order valence-corrected chi connectivity index (χ2v) is 3.43. The molecule has 1 rings (SSSR count). The number of thioether (sulfide) groups is 1. The van der Waals surface area contributed by atoms with Gasteiger partial charge in [-0.05, 0) is 18.8 Å². The number of nitrogens with zero attached hydrogens (tertiary/aromatic N) is 2. The molecule has 0 unspecified atom stereocenters. The van der Waals surface area contributed by atoms with Crippen LogP contribution in [0.25, 0.3) is 0 Å². The Morgan fingerprint density at radius 2 is 2.50 bits per heavy atom. The Balaban J connectivity index is 2.52. The molecule has 0 saturated heterocycles. The van der Waals surface area contributed by atoms with Crippen LogP contribution in [0, 0.1) is 0 Å². The Kier molecular flexibility index (Phi) is 3.60. The van der Waals surface area contributed by atoms with Crippen molar-refractivity contribution in [3.05, 3.63) is 29.5 Å². The van der Waals surface area contributed by atoms with E-state index in [1.54, 1.807) is 11.8 Å². The molecule has 0 atom stereocenters. The van der Waals surface area contributed by atoms with Crippen molar-refractivity contribution in [3.63, 3.8) is 0 Å². The molecule has 0 aromatic carbocycles. The third-order valence-electron chi connectivity index (χ3n) is 1.17. The van der Waals surface area contributed by atoms with E-state index in [1.807, 2.05) is 32.1 Å². The van der Waals surface area contributed by atoms with E-state index >= 15 is 0 Å². The van der Waals surface area contributed by atoms with Gasteiger partial charge in [0, 0.05) is 0 Å². The normalized spacial score (nSPS) is 12.7. The highest BCUT2D eigenvalue weighted by Crippen LogP contribution is 2.21. The molecule has 1 N–H and O–H groups in total. The standard InChI is InChI=1S/C8H11N3S/c1-3-4-5-7(2)12-8-9-6-10-11-8/h3-6H,1-2H3,(H,9,10,11). The van der Waals surface area contributed by atoms with Crippen molar-refractivity contribution in [3.8, 4) is 0 Å². The summed E-state index contributed by atoms with van der Waals surface area (Å²) in [6.45, 7) is 4.02. The van der Waals surface area contributed by atoms with Crippen molar-refractivity contribution in [2.45, 2.75) is 19.0 Å². The SMILES string of the molecule is CC=CC=C(C)Sc1ncn[nH]1. The van der Waals surface area contributed by atoms with E-state index < -0.39 is 0 Å². The van der Waals surface area contributed by atoms with Gasteiger partial charge in [0.15, 0.2) is 5.16 Å². The predicted octanol–water partition coefficient (Wildman–Crippen LogP) is 2.38. The molecule has 0 saturated carbocycles. The largest absolute Gasteiger partial charge is 0.254 e. The molecule has 0 fully saturated rings. The monoisotopic (exact) mass is 181 g/mol. The van der Waals surface area contributed by atoms with Gasteiger partial charge in [-0.25, -0.2) is 4.98 Å². The van der Waals surface area contributed by atoms with Gasteiger partial charge in [-0.1, -0.05) is 30.0 Å². The van der Waals surface area contributed by atoms with Crippen molar-refractivity contribution >= 4 is 11.8 Å². The first-order valence-electron chi connectivity index (χ1n) is 3.65. The van der Waals surface area contributed by atoms with Crippen LogP contribution in [-0.2, 0) is 0 Å². The van der Waals surface area contributed by atoms with Crippen LogP contribution in [0.2, 0.25) is 0 Å². The zero-order chi connectivity index (χ0) is 8.81. The fraction of sp³-hybridized carbons (Fsp3) is 0.250.